The second-order valence-corrected chi connectivity index (χ2v) is 9.12. The van der Waals surface area contributed by atoms with Gasteiger partial charge in [-0.3, -0.25) is 9.59 Å². The molecule has 1 atom stereocenters. The molecule has 0 bridgehead atoms. The van der Waals surface area contributed by atoms with E-state index in [0.717, 1.165) is 0 Å². The van der Waals surface area contributed by atoms with E-state index in [1.54, 1.807) is 6.92 Å². The lowest BCUT2D eigenvalue weighted by atomic mass is 10.0. The molecule has 0 aliphatic carbocycles. The first-order valence-corrected chi connectivity index (χ1v) is 10.1. The van der Waals surface area contributed by atoms with Gasteiger partial charge in [0.1, 0.15) is 6.04 Å². The molecule has 0 rings (SSSR count). The highest BCUT2D eigenvalue weighted by Crippen LogP contribution is 2.05. The molecule has 8 heteroatoms. The van der Waals surface area contributed by atoms with Crippen LogP contribution in [0, 0.1) is 11.8 Å². The van der Waals surface area contributed by atoms with E-state index in [0.29, 0.717) is 25.9 Å². The number of carbonyl (C=O) groups is 2. The molecular formula is C16H33N3O4S. The van der Waals surface area contributed by atoms with Gasteiger partial charge in [0.2, 0.25) is 21.8 Å². The van der Waals surface area contributed by atoms with Crippen molar-refractivity contribution in [2.75, 3.05) is 25.9 Å². The van der Waals surface area contributed by atoms with Gasteiger partial charge in [-0.1, -0.05) is 27.7 Å². The molecule has 2 amide bonds. The van der Waals surface area contributed by atoms with Crippen LogP contribution >= 0.6 is 0 Å². The molecule has 24 heavy (non-hydrogen) atoms. The molecule has 0 aromatic rings. The van der Waals surface area contributed by atoms with Crippen LogP contribution in [0.5, 0.6) is 0 Å². The predicted octanol–water partition coefficient (Wildman–Crippen LogP) is 0.961. The predicted molar refractivity (Wildman–Crippen MR) is 95.9 cm³/mol. The van der Waals surface area contributed by atoms with Crippen molar-refractivity contribution in [2.24, 2.45) is 11.8 Å². The Kier molecular flexibility index (Phi) is 10.1. The van der Waals surface area contributed by atoms with Crippen molar-refractivity contribution in [3.8, 4) is 0 Å². The summed E-state index contributed by atoms with van der Waals surface area (Å²) in [5, 5.41) is 5.55. The van der Waals surface area contributed by atoms with Gasteiger partial charge < -0.3 is 10.6 Å². The number of amides is 2. The number of hydrogen-bond acceptors (Lipinski definition) is 4. The van der Waals surface area contributed by atoms with Gasteiger partial charge in [0.05, 0.1) is 5.75 Å². The van der Waals surface area contributed by atoms with E-state index in [2.05, 4.69) is 10.6 Å². The van der Waals surface area contributed by atoms with Crippen LogP contribution in [-0.2, 0) is 19.6 Å². The highest BCUT2D eigenvalue weighted by molar-refractivity contribution is 7.89. The van der Waals surface area contributed by atoms with Crippen LogP contribution in [0.25, 0.3) is 0 Å². The summed E-state index contributed by atoms with van der Waals surface area (Å²) in [6.45, 7) is 9.97. The molecule has 0 aromatic carbocycles. The van der Waals surface area contributed by atoms with Gasteiger partial charge in [0.25, 0.3) is 0 Å². The van der Waals surface area contributed by atoms with Gasteiger partial charge in [-0.2, -0.15) is 0 Å². The Balaban J connectivity index is 4.37. The first-order valence-electron chi connectivity index (χ1n) is 8.52. The number of nitrogens with zero attached hydrogens (tertiary/aromatic N) is 1. The van der Waals surface area contributed by atoms with Crippen LogP contribution in [0.3, 0.4) is 0 Å². The Bertz CT molecular complexity index is 503. The Labute approximate surface area is 146 Å². The van der Waals surface area contributed by atoms with Crippen LogP contribution in [0.15, 0.2) is 0 Å². The zero-order valence-electron chi connectivity index (χ0n) is 15.8. The molecule has 7 nitrogen and oxygen atoms in total. The summed E-state index contributed by atoms with van der Waals surface area (Å²) in [7, 11) is -1.66. The number of nitrogens with one attached hydrogen (secondary N) is 2. The van der Waals surface area contributed by atoms with E-state index in [-0.39, 0.29) is 29.4 Å². The van der Waals surface area contributed by atoms with Crippen molar-refractivity contribution < 1.29 is 18.0 Å². The van der Waals surface area contributed by atoms with E-state index < -0.39 is 16.1 Å². The molecule has 0 heterocycles. The summed E-state index contributed by atoms with van der Waals surface area (Å²) in [6.07, 6.45) is 0.905. The second-order valence-electron chi connectivity index (χ2n) is 6.75. The van der Waals surface area contributed by atoms with Gasteiger partial charge >= 0.3 is 0 Å². The minimum Gasteiger partial charge on any atom is -0.354 e. The standard InChI is InChI=1S/C16H33N3O4S/c1-7-24(22,23)19(6)10-8-9-17-16(21)15(13(4)5)18-14(20)11-12(2)3/h12-13,15H,7-11H2,1-6H3,(H,17,21)(H,18,20). The lowest BCUT2D eigenvalue weighted by Gasteiger charge is -2.22. The molecule has 0 aliphatic rings. The molecular weight excluding hydrogens is 330 g/mol. The van der Waals surface area contributed by atoms with Crippen molar-refractivity contribution >= 4 is 21.8 Å². The monoisotopic (exact) mass is 363 g/mol. The van der Waals surface area contributed by atoms with E-state index in [9.17, 15) is 18.0 Å². The van der Waals surface area contributed by atoms with Crippen LogP contribution in [0.2, 0.25) is 0 Å². The summed E-state index contributed by atoms with van der Waals surface area (Å²) in [6, 6.07) is -0.576. The fourth-order valence-electron chi connectivity index (χ4n) is 2.12. The molecule has 142 valence electrons. The zero-order valence-corrected chi connectivity index (χ0v) is 16.6. The Morgan fingerprint density at radius 1 is 1.12 bits per heavy atom. The fraction of sp³-hybridized carbons (Fsp3) is 0.875. The molecule has 0 saturated heterocycles. The van der Waals surface area contributed by atoms with Gasteiger partial charge in [0.15, 0.2) is 0 Å². The largest absolute Gasteiger partial charge is 0.354 e. The second kappa shape index (κ2) is 10.7. The van der Waals surface area contributed by atoms with Crippen LogP contribution in [0.1, 0.15) is 47.5 Å². The first kappa shape index (κ1) is 22.9. The average molecular weight is 364 g/mol. The van der Waals surface area contributed by atoms with E-state index >= 15 is 0 Å². The number of hydrogen-bond donors (Lipinski definition) is 2. The van der Waals surface area contributed by atoms with Gasteiger partial charge in [-0.25, -0.2) is 12.7 Å². The maximum Gasteiger partial charge on any atom is 0.242 e. The Hall–Kier alpha value is -1.15. The summed E-state index contributed by atoms with van der Waals surface area (Å²) in [5.74, 6) is -0.0930. The lowest BCUT2D eigenvalue weighted by molar-refractivity contribution is -0.130. The molecule has 0 fully saturated rings. The van der Waals surface area contributed by atoms with Gasteiger partial charge in [-0.05, 0) is 25.2 Å². The molecule has 2 N–H and O–H groups in total. The summed E-state index contributed by atoms with van der Waals surface area (Å²) in [5.41, 5.74) is 0. The molecule has 0 aliphatic heterocycles. The minimum absolute atomic E-state index is 0.0238. The Morgan fingerprint density at radius 2 is 1.71 bits per heavy atom. The zero-order chi connectivity index (χ0) is 18.9. The quantitative estimate of drug-likeness (QED) is 0.535. The molecule has 0 radical (unpaired) electrons. The number of rotatable bonds is 11. The summed E-state index contributed by atoms with van der Waals surface area (Å²) >= 11 is 0. The molecule has 0 spiro atoms. The maximum absolute atomic E-state index is 12.2. The van der Waals surface area contributed by atoms with Crippen molar-refractivity contribution in [1.29, 1.82) is 0 Å². The maximum atomic E-state index is 12.2. The molecule has 1 unspecified atom stereocenters. The third-order valence-electron chi connectivity index (χ3n) is 3.65. The fourth-order valence-corrected chi connectivity index (χ4v) is 2.97. The molecule has 0 saturated carbocycles. The van der Waals surface area contributed by atoms with Crippen molar-refractivity contribution in [2.45, 2.75) is 53.5 Å². The topological polar surface area (TPSA) is 95.6 Å². The number of carbonyl (C=O) groups excluding carboxylic acids is 2. The van der Waals surface area contributed by atoms with Crippen molar-refractivity contribution in [3.63, 3.8) is 0 Å². The third kappa shape index (κ3) is 8.63. The summed E-state index contributed by atoms with van der Waals surface area (Å²) < 4.78 is 24.5. The normalized spacial score (nSPS) is 13.4. The average Bonchev–Trinajstić information content (AvgIpc) is 2.47. The third-order valence-corrected chi connectivity index (χ3v) is 5.51. The van der Waals surface area contributed by atoms with E-state index in [1.165, 1.54) is 11.4 Å². The summed E-state index contributed by atoms with van der Waals surface area (Å²) in [4.78, 5) is 24.1. The van der Waals surface area contributed by atoms with Crippen LogP contribution in [0.4, 0.5) is 0 Å². The van der Waals surface area contributed by atoms with E-state index in [1.807, 2.05) is 27.7 Å². The highest BCUT2D eigenvalue weighted by Gasteiger charge is 2.24. The van der Waals surface area contributed by atoms with Gasteiger partial charge in [0, 0.05) is 26.6 Å². The number of sulfonamides is 1. The van der Waals surface area contributed by atoms with E-state index in [4.69, 9.17) is 0 Å². The first-order chi connectivity index (χ1) is 11.0. The SMILES string of the molecule is CCS(=O)(=O)N(C)CCCNC(=O)C(NC(=O)CC(C)C)C(C)C. The Morgan fingerprint density at radius 3 is 2.17 bits per heavy atom. The van der Waals surface area contributed by atoms with Crippen molar-refractivity contribution in [1.82, 2.24) is 14.9 Å². The highest BCUT2D eigenvalue weighted by atomic mass is 32.2. The van der Waals surface area contributed by atoms with Crippen LogP contribution < -0.4 is 10.6 Å². The van der Waals surface area contributed by atoms with Crippen LogP contribution in [-0.4, -0.2) is 56.5 Å². The lowest BCUT2D eigenvalue weighted by Crippen LogP contribution is -2.50. The van der Waals surface area contributed by atoms with Gasteiger partial charge in [-0.15, -0.1) is 0 Å². The van der Waals surface area contributed by atoms with Crippen molar-refractivity contribution in [3.05, 3.63) is 0 Å². The smallest absolute Gasteiger partial charge is 0.242 e. The minimum atomic E-state index is -3.19. The molecule has 0 aromatic heterocycles.